The fraction of sp³-hybridized carbons (Fsp3) is 0.111. The van der Waals surface area contributed by atoms with E-state index in [1.807, 2.05) is 35.0 Å². The molecule has 0 saturated carbocycles. The van der Waals surface area contributed by atoms with Gasteiger partial charge in [0.25, 0.3) is 0 Å². The molecule has 1 N–H and O–H groups in total. The van der Waals surface area contributed by atoms with E-state index < -0.39 is 0 Å². The standard InChI is InChI=1S/C18H15N3OS/c22-12-17-19-10-16(23-17)18-14-8-4-5-9-15(14)21(20-18)11-13-6-2-1-3-7-13/h1-10,22H,11-12H2. The fourth-order valence-corrected chi connectivity index (χ4v) is 3.46. The maximum atomic E-state index is 9.23. The molecule has 2 aromatic carbocycles. The lowest BCUT2D eigenvalue weighted by atomic mass is 10.2. The Morgan fingerprint density at radius 2 is 1.78 bits per heavy atom. The number of rotatable bonds is 4. The first-order chi connectivity index (χ1) is 11.3. The minimum Gasteiger partial charge on any atom is -0.389 e. The highest BCUT2D eigenvalue weighted by Gasteiger charge is 2.14. The van der Waals surface area contributed by atoms with Crippen molar-refractivity contribution >= 4 is 22.2 Å². The number of nitrogens with zero attached hydrogens (tertiary/aromatic N) is 3. The number of hydrogen-bond donors (Lipinski definition) is 1. The number of fused-ring (bicyclic) bond motifs is 1. The van der Waals surface area contributed by atoms with Gasteiger partial charge in [0.2, 0.25) is 0 Å². The summed E-state index contributed by atoms with van der Waals surface area (Å²) in [5.41, 5.74) is 3.24. The zero-order valence-electron chi connectivity index (χ0n) is 12.4. The number of thiazole rings is 1. The van der Waals surface area contributed by atoms with Crippen LogP contribution in [0.1, 0.15) is 10.6 Å². The van der Waals surface area contributed by atoms with E-state index in [9.17, 15) is 5.11 Å². The smallest absolute Gasteiger partial charge is 0.119 e. The van der Waals surface area contributed by atoms with E-state index >= 15 is 0 Å². The van der Waals surface area contributed by atoms with Gasteiger partial charge in [-0.2, -0.15) is 5.10 Å². The second-order valence-electron chi connectivity index (χ2n) is 5.29. The molecule has 0 spiro atoms. The highest BCUT2D eigenvalue weighted by Crippen LogP contribution is 2.32. The van der Waals surface area contributed by atoms with Crippen LogP contribution < -0.4 is 0 Å². The molecule has 4 nitrogen and oxygen atoms in total. The molecule has 0 aliphatic rings. The summed E-state index contributed by atoms with van der Waals surface area (Å²) in [5, 5.41) is 15.9. The summed E-state index contributed by atoms with van der Waals surface area (Å²) in [6.45, 7) is 0.695. The van der Waals surface area contributed by atoms with Crippen molar-refractivity contribution < 1.29 is 5.11 Å². The Bertz CT molecular complexity index is 943. The summed E-state index contributed by atoms with van der Waals surface area (Å²) in [6, 6.07) is 18.5. The third-order valence-corrected chi connectivity index (χ3v) is 4.74. The lowest BCUT2D eigenvalue weighted by molar-refractivity contribution is 0.281. The van der Waals surface area contributed by atoms with E-state index in [1.165, 1.54) is 16.9 Å². The summed E-state index contributed by atoms with van der Waals surface area (Å²) < 4.78 is 2.03. The second kappa shape index (κ2) is 5.95. The van der Waals surface area contributed by atoms with Crippen molar-refractivity contribution in [3.05, 3.63) is 71.4 Å². The van der Waals surface area contributed by atoms with Crippen LogP contribution in [-0.4, -0.2) is 19.9 Å². The molecular formula is C18H15N3OS. The van der Waals surface area contributed by atoms with Gasteiger partial charge in [0.15, 0.2) is 0 Å². The molecule has 0 unspecified atom stereocenters. The summed E-state index contributed by atoms with van der Waals surface area (Å²) in [6.07, 6.45) is 1.79. The fourth-order valence-electron chi connectivity index (χ4n) is 2.68. The minimum atomic E-state index is -0.0344. The van der Waals surface area contributed by atoms with E-state index in [4.69, 9.17) is 5.10 Å². The Labute approximate surface area is 137 Å². The molecule has 0 fully saturated rings. The molecule has 2 aromatic heterocycles. The van der Waals surface area contributed by atoms with Gasteiger partial charge in [-0.25, -0.2) is 4.98 Å². The van der Waals surface area contributed by atoms with Gasteiger partial charge in [0.1, 0.15) is 10.7 Å². The molecule has 23 heavy (non-hydrogen) atoms. The van der Waals surface area contributed by atoms with Crippen LogP contribution in [0.5, 0.6) is 0 Å². The molecule has 0 bridgehead atoms. The Morgan fingerprint density at radius 3 is 2.57 bits per heavy atom. The topological polar surface area (TPSA) is 50.9 Å². The Balaban J connectivity index is 1.83. The molecule has 5 heteroatoms. The number of hydrogen-bond acceptors (Lipinski definition) is 4. The third-order valence-electron chi connectivity index (χ3n) is 3.76. The van der Waals surface area contributed by atoms with Crippen molar-refractivity contribution in [2.75, 3.05) is 0 Å². The molecule has 0 atom stereocenters. The number of aromatic nitrogens is 3. The van der Waals surface area contributed by atoms with E-state index in [0.29, 0.717) is 5.01 Å². The first kappa shape index (κ1) is 14.1. The summed E-state index contributed by atoms with van der Waals surface area (Å²) >= 11 is 1.48. The van der Waals surface area contributed by atoms with Gasteiger partial charge in [-0.1, -0.05) is 48.5 Å². The number of aliphatic hydroxyl groups excluding tert-OH is 1. The van der Waals surface area contributed by atoms with Crippen molar-refractivity contribution in [2.45, 2.75) is 13.2 Å². The van der Waals surface area contributed by atoms with E-state index in [2.05, 4.69) is 29.2 Å². The molecule has 4 rings (SSSR count). The highest BCUT2D eigenvalue weighted by atomic mass is 32.1. The molecule has 4 aromatic rings. The van der Waals surface area contributed by atoms with Gasteiger partial charge in [-0.15, -0.1) is 11.3 Å². The van der Waals surface area contributed by atoms with Gasteiger partial charge in [-0.3, -0.25) is 4.68 Å². The monoisotopic (exact) mass is 321 g/mol. The van der Waals surface area contributed by atoms with Crippen LogP contribution in [0.15, 0.2) is 60.8 Å². The van der Waals surface area contributed by atoms with Crippen LogP contribution in [0, 0.1) is 0 Å². The zero-order valence-corrected chi connectivity index (χ0v) is 13.2. The minimum absolute atomic E-state index is 0.0344. The largest absolute Gasteiger partial charge is 0.389 e. The van der Waals surface area contributed by atoms with Gasteiger partial charge in [0.05, 0.1) is 23.5 Å². The van der Waals surface area contributed by atoms with Crippen LogP contribution in [0.3, 0.4) is 0 Å². The van der Waals surface area contributed by atoms with Crippen LogP contribution in [0.4, 0.5) is 0 Å². The molecule has 0 amide bonds. The number of benzene rings is 2. The number of para-hydroxylation sites is 1. The summed E-state index contributed by atoms with van der Waals surface area (Å²) in [4.78, 5) is 5.21. The normalized spacial score (nSPS) is 11.2. The number of aliphatic hydroxyl groups is 1. The van der Waals surface area contributed by atoms with Crippen LogP contribution in [-0.2, 0) is 13.2 Å². The predicted octanol–water partition coefficient (Wildman–Crippen LogP) is 3.70. The second-order valence-corrected chi connectivity index (χ2v) is 6.40. The SMILES string of the molecule is OCc1ncc(-c2nn(Cc3ccccc3)c3ccccc23)s1. The highest BCUT2D eigenvalue weighted by molar-refractivity contribution is 7.15. The van der Waals surface area contributed by atoms with Crippen molar-refractivity contribution in [2.24, 2.45) is 0 Å². The van der Waals surface area contributed by atoms with Crippen molar-refractivity contribution in [1.82, 2.24) is 14.8 Å². The zero-order chi connectivity index (χ0) is 15.6. The Kier molecular flexibility index (Phi) is 3.65. The predicted molar refractivity (Wildman–Crippen MR) is 92.3 cm³/mol. The lowest BCUT2D eigenvalue weighted by Crippen LogP contribution is -2.01. The summed E-state index contributed by atoms with van der Waals surface area (Å²) in [5.74, 6) is 0. The van der Waals surface area contributed by atoms with Gasteiger partial charge >= 0.3 is 0 Å². The molecule has 0 aliphatic heterocycles. The molecule has 2 heterocycles. The summed E-state index contributed by atoms with van der Waals surface area (Å²) in [7, 11) is 0. The van der Waals surface area contributed by atoms with Crippen LogP contribution in [0.25, 0.3) is 21.5 Å². The van der Waals surface area contributed by atoms with E-state index in [-0.39, 0.29) is 6.61 Å². The maximum Gasteiger partial charge on any atom is 0.119 e. The van der Waals surface area contributed by atoms with Crippen molar-refractivity contribution in [1.29, 1.82) is 0 Å². The Hall–Kier alpha value is -2.50. The molecule has 0 saturated heterocycles. The first-order valence-electron chi connectivity index (χ1n) is 7.40. The first-order valence-corrected chi connectivity index (χ1v) is 8.22. The molecule has 0 aliphatic carbocycles. The van der Waals surface area contributed by atoms with E-state index in [0.717, 1.165) is 28.0 Å². The molecule has 0 radical (unpaired) electrons. The van der Waals surface area contributed by atoms with Crippen LogP contribution in [0.2, 0.25) is 0 Å². The van der Waals surface area contributed by atoms with Gasteiger partial charge < -0.3 is 5.11 Å². The van der Waals surface area contributed by atoms with Gasteiger partial charge in [-0.05, 0) is 11.6 Å². The molecular weight excluding hydrogens is 306 g/mol. The van der Waals surface area contributed by atoms with Gasteiger partial charge in [0, 0.05) is 11.6 Å². The van der Waals surface area contributed by atoms with Crippen molar-refractivity contribution in [3.63, 3.8) is 0 Å². The van der Waals surface area contributed by atoms with E-state index in [1.54, 1.807) is 6.20 Å². The average molecular weight is 321 g/mol. The Morgan fingerprint density at radius 1 is 1.00 bits per heavy atom. The molecule has 114 valence electrons. The quantitative estimate of drug-likeness (QED) is 0.623. The van der Waals surface area contributed by atoms with Crippen molar-refractivity contribution in [3.8, 4) is 10.6 Å². The maximum absolute atomic E-state index is 9.23. The third kappa shape index (κ3) is 2.65. The lowest BCUT2D eigenvalue weighted by Gasteiger charge is -2.03. The van der Waals surface area contributed by atoms with Crippen LogP contribution >= 0.6 is 11.3 Å². The average Bonchev–Trinajstić information content (AvgIpc) is 3.21.